The van der Waals surface area contributed by atoms with E-state index in [1.54, 1.807) is 6.92 Å². The Morgan fingerprint density at radius 1 is 0.933 bits per heavy atom. The highest BCUT2D eigenvalue weighted by Gasteiger charge is 2.05. The quantitative estimate of drug-likeness (QED) is 0.478. The van der Waals surface area contributed by atoms with Gasteiger partial charge in [0, 0.05) is 5.92 Å². The molecule has 1 heteroatoms. The van der Waals surface area contributed by atoms with Crippen molar-refractivity contribution in [3.05, 3.63) is 0 Å². The van der Waals surface area contributed by atoms with Crippen molar-refractivity contribution in [2.75, 3.05) is 0 Å². The third-order valence-electron chi connectivity index (χ3n) is 3.18. The molecule has 0 aliphatic heterocycles. The molecule has 90 valence electrons. The maximum atomic E-state index is 11.0. The first-order chi connectivity index (χ1) is 7.18. The zero-order valence-electron chi connectivity index (χ0n) is 10.8. The summed E-state index contributed by atoms with van der Waals surface area (Å²) in [7, 11) is 0. The molecule has 0 N–H and O–H groups in total. The van der Waals surface area contributed by atoms with Gasteiger partial charge in [0.2, 0.25) is 0 Å². The molecule has 0 bridgehead atoms. The lowest BCUT2D eigenvalue weighted by molar-refractivity contribution is -0.120. The van der Waals surface area contributed by atoms with Crippen molar-refractivity contribution in [1.82, 2.24) is 0 Å². The summed E-state index contributed by atoms with van der Waals surface area (Å²) in [5.74, 6) is 0.628. The van der Waals surface area contributed by atoms with E-state index in [1.165, 1.54) is 51.4 Å². The summed E-state index contributed by atoms with van der Waals surface area (Å²) in [5.41, 5.74) is 0. The van der Waals surface area contributed by atoms with E-state index in [9.17, 15) is 4.79 Å². The molecule has 15 heavy (non-hydrogen) atoms. The van der Waals surface area contributed by atoms with E-state index in [0.29, 0.717) is 5.78 Å². The normalized spacial score (nSPS) is 12.7. The molecule has 0 spiro atoms. The van der Waals surface area contributed by atoms with E-state index < -0.39 is 0 Å². The van der Waals surface area contributed by atoms with Crippen LogP contribution in [0.2, 0.25) is 0 Å². The number of Topliss-reactive ketones (excluding diaryl/α,β-unsaturated/α-hetero) is 1. The largest absolute Gasteiger partial charge is 0.300 e. The fourth-order valence-electron chi connectivity index (χ4n) is 1.79. The Morgan fingerprint density at radius 2 is 1.40 bits per heavy atom. The summed E-state index contributed by atoms with van der Waals surface area (Å²) >= 11 is 0. The van der Waals surface area contributed by atoms with Gasteiger partial charge >= 0.3 is 0 Å². The van der Waals surface area contributed by atoms with Crippen LogP contribution in [-0.2, 0) is 4.79 Å². The van der Waals surface area contributed by atoms with Crippen molar-refractivity contribution in [1.29, 1.82) is 0 Å². The highest BCUT2D eigenvalue weighted by Crippen LogP contribution is 2.13. The molecule has 0 amide bonds. The van der Waals surface area contributed by atoms with Crippen LogP contribution in [0.1, 0.15) is 78.6 Å². The van der Waals surface area contributed by atoms with E-state index in [4.69, 9.17) is 0 Å². The second-order valence-corrected chi connectivity index (χ2v) is 4.78. The van der Waals surface area contributed by atoms with Gasteiger partial charge in [-0.05, 0) is 13.3 Å². The number of hydrogen-bond donors (Lipinski definition) is 0. The van der Waals surface area contributed by atoms with Gasteiger partial charge in [0.25, 0.3) is 0 Å². The predicted molar refractivity (Wildman–Crippen MR) is 67.1 cm³/mol. The summed E-state index contributed by atoms with van der Waals surface area (Å²) < 4.78 is 0. The van der Waals surface area contributed by atoms with E-state index in [1.807, 2.05) is 6.92 Å². The van der Waals surface area contributed by atoms with Crippen molar-refractivity contribution in [3.63, 3.8) is 0 Å². The fraction of sp³-hybridized carbons (Fsp3) is 0.929. The molecular weight excluding hydrogens is 184 g/mol. The van der Waals surface area contributed by atoms with Crippen LogP contribution in [0.25, 0.3) is 0 Å². The van der Waals surface area contributed by atoms with Gasteiger partial charge in [-0.25, -0.2) is 0 Å². The zero-order valence-corrected chi connectivity index (χ0v) is 10.8. The summed E-state index contributed by atoms with van der Waals surface area (Å²) in [6.07, 6.45) is 11.9. The molecule has 0 radical (unpaired) electrons. The van der Waals surface area contributed by atoms with Gasteiger partial charge in [0.15, 0.2) is 0 Å². The standard InChI is InChI=1S/C14H28O/c1-4-5-6-7-8-9-10-11-12-13(2)14(3)15/h13H,4-12H2,1-3H3. The van der Waals surface area contributed by atoms with Crippen LogP contribution in [-0.4, -0.2) is 5.78 Å². The number of hydrogen-bond acceptors (Lipinski definition) is 1. The van der Waals surface area contributed by atoms with Gasteiger partial charge in [-0.1, -0.05) is 65.2 Å². The topological polar surface area (TPSA) is 17.1 Å². The van der Waals surface area contributed by atoms with Crippen molar-refractivity contribution >= 4 is 5.78 Å². The molecule has 0 saturated heterocycles. The number of unbranched alkanes of at least 4 members (excludes halogenated alkanes) is 7. The van der Waals surface area contributed by atoms with Gasteiger partial charge < -0.3 is 0 Å². The van der Waals surface area contributed by atoms with Crippen molar-refractivity contribution < 1.29 is 4.79 Å². The van der Waals surface area contributed by atoms with Gasteiger partial charge in [0.05, 0.1) is 0 Å². The molecule has 1 unspecified atom stereocenters. The van der Waals surface area contributed by atoms with E-state index in [-0.39, 0.29) is 5.92 Å². The summed E-state index contributed by atoms with van der Waals surface area (Å²) in [6.45, 7) is 6.00. The molecular formula is C14H28O. The Hall–Kier alpha value is -0.330. The van der Waals surface area contributed by atoms with Crippen molar-refractivity contribution in [2.45, 2.75) is 78.6 Å². The zero-order chi connectivity index (χ0) is 11.5. The Kier molecular flexibility index (Phi) is 9.97. The third kappa shape index (κ3) is 9.96. The SMILES string of the molecule is CCCCCCCCCCC(C)C(C)=O. The second kappa shape index (κ2) is 10.2. The molecule has 0 aliphatic carbocycles. The van der Waals surface area contributed by atoms with Crippen LogP contribution < -0.4 is 0 Å². The van der Waals surface area contributed by atoms with Crippen LogP contribution in [0.4, 0.5) is 0 Å². The minimum absolute atomic E-state index is 0.282. The maximum Gasteiger partial charge on any atom is 0.132 e. The average molecular weight is 212 g/mol. The van der Waals surface area contributed by atoms with Gasteiger partial charge in [0.1, 0.15) is 5.78 Å². The Morgan fingerprint density at radius 3 is 1.87 bits per heavy atom. The molecule has 0 aliphatic rings. The Labute approximate surface area is 95.6 Å². The smallest absolute Gasteiger partial charge is 0.132 e. The van der Waals surface area contributed by atoms with E-state index in [2.05, 4.69) is 6.92 Å². The fourth-order valence-corrected chi connectivity index (χ4v) is 1.79. The first-order valence-electron chi connectivity index (χ1n) is 6.69. The first kappa shape index (κ1) is 14.7. The van der Waals surface area contributed by atoms with Crippen LogP contribution in [0.3, 0.4) is 0 Å². The maximum absolute atomic E-state index is 11.0. The summed E-state index contributed by atoms with van der Waals surface area (Å²) in [5, 5.41) is 0. The number of carbonyl (C=O) groups excluding carboxylic acids is 1. The molecule has 0 heterocycles. The molecule has 0 saturated carbocycles. The van der Waals surface area contributed by atoms with Gasteiger partial charge in [-0.15, -0.1) is 0 Å². The third-order valence-corrected chi connectivity index (χ3v) is 3.18. The molecule has 1 nitrogen and oxygen atoms in total. The van der Waals surface area contributed by atoms with Crippen LogP contribution in [0.5, 0.6) is 0 Å². The monoisotopic (exact) mass is 212 g/mol. The van der Waals surface area contributed by atoms with Crippen LogP contribution >= 0.6 is 0 Å². The lowest BCUT2D eigenvalue weighted by Gasteiger charge is -2.06. The first-order valence-corrected chi connectivity index (χ1v) is 6.69. The Bertz CT molecular complexity index is 151. The number of rotatable bonds is 10. The number of ketones is 1. The molecule has 0 aromatic heterocycles. The molecule has 0 aromatic rings. The van der Waals surface area contributed by atoms with Crippen LogP contribution in [0, 0.1) is 5.92 Å². The molecule has 1 atom stereocenters. The second-order valence-electron chi connectivity index (χ2n) is 4.78. The van der Waals surface area contributed by atoms with Crippen LogP contribution in [0.15, 0.2) is 0 Å². The Balaban J connectivity index is 3.08. The average Bonchev–Trinajstić information content (AvgIpc) is 2.21. The number of carbonyl (C=O) groups is 1. The van der Waals surface area contributed by atoms with Crippen molar-refractivity contribution in [3.8, 4) is 0 Å². The van der Waals surface area contributed by atoms with Gasteiger partial charge in [-0.3, -0.25) is 4.79 Å². The van der Waals surface area contributed by atoms with E-state index in [0.717, 1.165) is 6.42 Å². The van der Waals surface area contributed by atoms with E-state index >= 15 is 0 Å². The molecule has 0 fully saturated rings. The minimum Gasteiger partial charge on any atom is -0.300 e. The van der Waals surface area contributed by atoms with Crippen molar-refractivity contribution in [2.24, 2.45) is 5.92 Å². The highest BCUT2D eigenvalue weighted by molar-refractivity contribution is 5.77. The lowest BCUT2D eigenvalue weighted by Crippen LogP contribution is -2.05. The molecule has 0 aromatic carbocycles. The summed E-state index contributed by atoms with van der Waals surface area (Å²) in [4.78, 5) is 11.0. The minimum atomic E-state index is 0.282. The van der Waals surface area contributed by atoms with Gasteiger partial charge in [-0.2, -0.15) is 0 Å². The highest BCUT2D eigenvalue weighted by atomic mass is 16.1. The lowest BCUT2D eigenvalue weighted by atomic mass is 9.99. The summed E-state index contributed by atoms with van der Waals surface area (Å²) in [6, 6.07) is 0. The predicted octanol–water partition coefficient (Wildman–Crippen LogP) is 4.74. The molecule has 0 rings (SSSR count).